The van der Waals surface area contributed by atoms with Crippen LogP contribution in [0, 0.1) is 35.5 Å². The molecule has 3 saturated heterocycles. The van der Waals surface area contributed by atoms with E-state index in [2.05, 4.69) is 41.3 Å². The van der Waals surface area contributed by atoms with Gasteiger partial charge in [-0.1, -0.05) is 26.2 Å². The number of ether oxygens (including phenoxy) is 1. The number of amides is 2. The van der Waals surface area contributed by atoms with Crippen molar-refractivity contribution in [3.05, 3.63) is 0 Å². The highest BCUT2D eigenvalue weighted by molar-refractivity contribution is 5.81. The number of likely N-dealkylation sites (tertiary alicyclic amines) is 2. The van der Waals surface area contributed by atoms with Gasteiger partial charge in [-0.15, -0.1) is 0 Å². The number of hydrogen-bond acceptors (Lipinski definition) is 5. The van der Waals surface area contributed by atoms with E-state index in [0.717, 1.165) is 77.4 Å². The maximum Gasteiger partial charge on any atom is 0.391 e. The molecule has 2 amide bonds. The van der Waals surface area contributed by atoms with Crippen molar-refractivity contribution in [2.75, 3.05) is 26.7 Å². The zero-order chi connectivity index (χ0) is 32.6. The topological polar surface area (TPSA) is 73.9 Å². The number of carbonyl (C=O) groups is 2. The lowest BCUT2D eigenvalue weighted by atomic mass is 9.65. The Labute approximate surface area is 274 Å². The van der Waals surface area contributed by atoms with Gasteiger partial charge in [0.15, 0.2) is 0 Å². The Morgan fingerprint density at radius 2 is 1.63 bits per heavy atom. The molecule has 0 bridgehead atoms. The molecule has 0 aromatic rings. The summed E-state index contributed by atoms with van der Waals surface area (Å²) < 4.78 is 48.4. The van der Waals surface area contributed by atoms with Crippen LogP contribution in [-0.4, -0.2) is 90.8 Å². The zero-order valence-electron chi connectivity index (χ0n) is 28.4. The van der Waals surface area contributed by atoms with E-state index in [4.69, 9.17) is 4.74 Å². The van der Waals surface area contributed by atoms with Crippen molar-refractivity contribution in [1.82, 2.24) is 20.4 Å². The summed E-state index contributed by atoms with van der Waals surface area (Å²) in [6, 6.07) is 0.964. The summed E-state index contributed by atoms with van der Waals surface area (Å²) in [6.07, 6.45) is 7.05. The summed E-state index contributed by atoms with van der Waals surface area (Å²) >= 11 is 0. The van der Waals surface area contributed by atoms with Gasteiger partial charge in [-0.2, -0.15) is 13.2 Å². The lowest BCUT2D eigenvalue weighted by molar-refractivity contribution is -0.202. The lowest BCUT2D eigenvalue weighted by Crippen LogP contribution is -2.64. The first kappa shape index (κ1) is 34.5. The molecule has 2 N–H and O–H groups in total. The van der Waals surface area contributed by atoms with Gasteiger partial charge < -0.3 is 25.2 Å². The molecular weight excluding hydrogens is 593 g/mol. The number of nitrogens with one attached hydrogen (secondary N) is 2. The average molecular weight is 653 g/mol. The molecule has 7 nitrogen and oxygen atoms in total. The average Bonchev–Trinajstić information content (AvgIpc) is 3.03. The first-order chi connectivity index (χ1) is 22.0. The van der Waals surface area contributed by atoms with E-state index < -0.39 is 24.1 Å². The van der Waals surface area contributed by atoms with Crippen LogP contribution < -0.4 is 10.6 Å². The fourth-order valence-corrected chi connectivity index (χ4v) is 10.3. The van der Waals surface area contributed by atoms with Crippen LogP contribution in [0.2, 0.25) is 0 Å². The Morgan fingerprint density at radius 3 is 2.35 bits per heavy atom. The minimum absolute atomic E-state index is 0.0409. The highest BCUT2D eigenvalue weighted by Crippen LogP contribution is 2.46. The Bertz CT molecular complexity index is 1050. The zero-order valence-corrected chi connectivity index (χ0v) is 28.4. The van der Waals surface area contributed by atoms with E-state index in [0.29, 0.717) is 42.3 Å². The van der Waals surface area contributed by atoms with Crippen molar-refractivity contribution in [3.8, 4) is 0 Å². The van der Waals surface area contributed by atoms with Gasteiger partial charge in [0.25, 0.3) is 0 Å². The molecule has 0 spiro atoms. The number of rotatable bonds is 6. The number of halogens is 3. The van der Waals surface area contributed by atoms with Gasteiger partial charge in [0.1, 0.15) is 0 Å². The van der Waals surface area contributed by atoms with Crippen LogP contribution in [0.4, 0.5) is 13.2 Å². The predicted octanol–water partition coefficient (Wildman–Crippen LogP) is 5.91. The van der Waals surface area contributed by atoms with Gasteiger partial charge in [0.05, 0.1) is 18.1 Å². The summed E-state index contributed by atoms with van der Waals surface area (Å²) in [4.78, 5) is 32.7. The number of hydrogen-bond donors (Lipinski definition) is 2. The van der Waals surface area contributed by atoms with Gasteiger partial charge in [-0.3, -0.25) is 9.59 Å². The fourth-order valence-electron chi connectivity index (χ4n) is 10.3. The van der Waals surface area contributed by atoms with E-state index in [1.165, 1.54) is 19.3 Å². The molecule has 0 aromatic heterocycles. The third kappa shape index (κ3) is 7.90. The first-order valence-electron chi connectivity index (χ1n) is 18.7. The predicted molar refractivity (Wildman–Crippen MR) is 172 cm³/mol. The van der Waals surface area contributed by atoms with Crippen LogP contribution in [-0.2, 0) is 14.3 Å². The number of piperidine rings is 3. The molecule has 3 aliphatic carbocycles. The third-order valence-electron chi connectivity index (χ3n) is 13.0. The molecule has 0 radical (unpaired) electrons. The minimum atomic E-state index is -4.34. The molecule has 10 unspecified atom stereocenters. The second kappa shape index (κ2) is 14.6. The van der Waals surface area contributed by atoms with Crippen LogP contribution in [0.3, 0.4) is 0 Å². The molecule has 10 atom stereocenters. The Morgan fingerprint density at radius 1 is 0.891 bits per heavy atom. The molecule has 6 rings (SSSR count). The normalized spacial score (nSPS) is 40.8. The monoisotopic (exact) mass is 652 g/mol. The molecule has 0 aromatic carbocycles. The second-order valence-electron chi connectivity index (χ2n) is 16.3. The summed E-state index contributed by atoms with van der Waals surface area (Å²) in [5.41, 5.74) is 0. The quantitative estimate of drug-likeness (QED) is 0.373. The summed E-state index contributed by atoms with van der Waals surface area (Å²) in [5, 5.41) is 6.91. The SMILES string of the molecule is CC1CC2C(CN1)CC(C1CC(NC(=O)C3CC(OC4CCN(C)CC4)CC(C(F)(F)F)C3)CCC1C)C(=O)N2C1CCCCC1. The highest BCUT2D eigenvalue weighted by atomic mass is 19.4. The summed E-state index contributed by atoms with van der Waals surface area (Å²) in [6.45, 7) is 7.19. The van der Waals surface area contributed by atoms with E-state index in [1.807, 2.05) is 0 Å². The first-order valence-corrected chi connectivity index (χ1v) is 18.7. The minimum Gasteiger partial charge on any atom is -0.375 e. The number of nitrogens with zero attached hydrogens (tertiary/aromatic N) is 2. The number of fused-ring (bicyclic) bond motifs is 1. The van der Waals surface area contributed by atoms with Crippen LogP contribution in [0.5, 0.6) is 0 Å². The van der Waals surface area contributed by atoms with Gasteiger partial charge in [0, 0.05) is 55.6 Å². The molecule has 3 aliphatic heterocycles. The Hall–Kier alpha value is -1.39. The van der Waals surface area contributed by atoms with Crippen molar-refractivity contribution in [3.63, 3.8) is 0 Å². The van der Waals surface area contributed by atoms with Crippen LogP contribution in [0.15, 0.2) is 0 Å². The largest absolute Gasteiger partial charge is 0.391 e. The van der Waals surface area contributed by atoms with Crippen LogP contribution in [0.1, 0.15) is 110 Å². The number of carbonyl (C=O) groups excluding carboxylic acids is 2. The molecule has 6 aliphatic rings. The molecule has 3 heterocycles. The molecule has 10 heteroatoms. The van der Waals surface area contributed by atoms with Gasteiger partial charge in [-0.05, 0) is 109 Å². The maximum absolute atomic E-state index is 14.5. The van der Waals surface area contributed by atoms with Crippen LogP contribution >= 0.6 is 0 Å². The lowest BCUT2D eigenvalue weighted by Gasteiger charge is -2.54. The smallest absolute Gasteiger partial charge is 0.375 e. The van der Waals surface area contributed by atoms with Crippen molar-refractivity contribution < 1.29 is 27.5 Å². The molecule has 6 fully saturated rings. The van der Waals surface area contributed by atoms with Crippen molar-refractivity contribution in [2.45, 2.75) is 153 Å². The molecular formula is C36H59F3N4O3. The van der Waals surface area contributed by atoms with Crippen molar-refractivity contribution in [1.29, 1.82) is 0 Å². The van der Waals surface area contributed by atoms with E-state index >= 15 is 0 Å². The second-order valence-corrected chi connectivity index (χ2v) is 16.3. The van der Waals surface area contributed by atoms with Gasteiger partial charge >= 0.3 is 6.18 Å². The van der Waals surface area contributed by atoms with Gasteiger partial charge in [0.2, 0.25) is 11.8 Å². The van der Waals surface area contributed by atoms with Crippen LogP contribution in [0.25, 0.3) is 0 Å². The van der Waals surface area contributed by atoms with Crippen molar-refractivity contribution in [2.24, 2.45) is 35.5 Å². The Balaban J connectivity index is 1.12. The van der Waals surface area contributed by atoms with Gasteiger partial charge in [-0.25, -0.2) is 0 Å². The van der Waals surface area contributed by atoms with E-state index in [9.17, 15) is 22.8 Å². The summed E-state index contributed by atoms with van der Waals surface area (Å²) in [5.74, 6) is -1.20. The maximum atomic E-state index is 14.5. The Kier molecular flexibility index (Phi) is 11.0. The third-order valence-corrected chi connectivity index (χ3v) is 13.0. The summed E-state index contributed by atoms with van der Waals surface area (Å²) in [7, 11) is 2.05. The van der Waals surface area contributed by atoms with E-state index in [1.54, 1.807) is 0 Å². The standard InChI is InChI=1S/C36H59F3N4O3/c1-22-9-10-27(41-34(44)24-16-26(36(37,38)39)19-30(17-24)46-29-11-13-42(3)14-12-29)20-31(22)32-18-25-21-40-23(2)15-33(25)43(35(32)45)28-7-5-4-6-8-28/h22-33,40H,4-21H2,1-3H3,(H,41,44). The molecule has 262 valence electrons. The van der Waals surface area contributed by atoms with Crippen molar-refractivity contribution >= 4 is 11.8 Å². The number of alkyl halides is 3. The van der Waals surface area contributed by atoms with E-state index in [-0.39, 0.29) is 42.7 Å². The fraction of sp³-hybridized carbons (Fsp3) is 0.944. The highest BCUT2D eigenvalue weighted by Gasteiger charge is 2.51. The molecule has 3 saturated carbocycles. The molecule has 46 heavy (non-hydrogen) atoms.